The number of hydrogen-bond donors (Lipinski definition) is 0. The summed E-state index contributed by atoms with van der Waals surface area (Å²) in [4.78, 5) is 20.5. The first-order valence-electron chi connectivity index (χ1n) is 18.8. The van der Waals surface area contributed by atoms with Gasteiger partial charge in [-0.2, -0.15) is 0 Å². The van der Waals surface area contributed by atoms with Gasteiger partial charge < -0.3 is 0 Å². The van der Waals surface area contributed by atoms with E-state index in [4.69, 9.17) is 19.9 Å². The molecule has 0 fully saturated rings. The van der Waals surface area contributed by atoms with Crippen LogP contribution in [0.3, 0.4) is 0 Å². The second-order valence-electron chi connectivity index (χ2n) is 15.2. The van der Waals surface area contributed by atoms with Gasteiger partial charge in [0.2, 0.25) is 0 Å². The molecule has 0 spiro atoms. The molecule has 0 amide bonds. The maximum atomic E-state index is 5.20. The fraction of sp³-hybridized carbons (Fsp3) is 0.0980. The molecule has 9 aromatic rings. The fourth-order valence-corrected chi connectivity index (χ4v) is 7.20. The monoisotopic (exact) mass is 708 g/mol. The van der Waals surface area contributed by atoms with E-state index < -0.39 is 0 Å². The van der Waals surface area contributed by atoms with Gasteiger partial charge in [-0.3, -0.25) is 0 Å². The van der Waals surface area contributed by atoms with Gasteiger partial charge in [0.1, 0.15) is 0 Å². The second kappa shape index (κ2) is 13.9. The highest BCUT2D eigenvalue weighted by atomic mass is 14.9. The Morgan fingerprint density at radius 1 is 0.364 bits per heavy atom. The van der Waals surface area contributed by atoms with Gasteiger partial charge in [-0.05, 0) is 59.0 Å². The largest absolute Gasteiger partial charge is 0.250 e. The molecule has 264 valence electrons. The Labute approximate surface area is 322 Å². The third kappa shape index (κ3) is 6.79. The lowest BCUT2D eigenvalue weighted by molar-refractivity contribution is 0.571. The molecule has 3 heterocycles. The third-order valence-electron chi connectivity index (χ3n) is 10.3. The molecule has 0 bridgehead atoms. The van der Waals surface area contributed by atoms with Gasteiger partial charge in [-0.15, -0.1) is 0 Å². The molecule has 0 aliphatic heterocycles. The van der Waals surface area contributed by atoms with E-state index in [0.717, 1.165) is 83.5 Å². The maximum Gasteiger partial charge on any atom is 0.160 e. The van der Waals surface area contributed by atoms with E-state index in [0.29, 0.717) is 5.82 Å². The summed E-state index contributed by atoms with van der Waals surface area (Å²) >= 11 is 0. The zero-order valence-corrected chi connectivity index (χ0v) is 31.5. The van der Waals surface area contributed by atoms with Gasteiger partial charge in [0.25, 0.3) is 0 Å². The van der Waals surface area contributed by atoms with Crippen molar-refractivity contribution in [2.24, 2.45) is 0 Å². The highest BCUT2D eigenvalue weighted by molar-refractivity contribution is 6.04. The minimum Gasteiger partial charge on any atom is -0.250 e. The van der Waals surface area contributed by atoms with Gasteiger partial charge in [0.15, 0.2) is 5.82 Å². The first-order chi connectivity index (χ1) is 26.8. The van der Waals surface area contributed by atoms with Crippen LogP contribution in [0, 0.1) is 6.92 Å². The van der Waals surface area contributed by atoms with Crippen LogP contribution in [-0.4, -0.2) is 19.9 Å². The molecule has 0 aliphatic rings. The van der Waals surface area contributed by atoms with Crippen LogP contribution in [0.2, 0.25) is 0 Å². The van der Waals surface area contributed by atoms with E-state index in [9.17, 15) is 0 Å². The lowest BCUT2D eigenvalue weighted by Gasteiger charge is -2.19. The van der Waals surface area contributed by atoms with Gasteiger partial charge in [-0.25, -0.2) is 19.9 Å². The van der Waals surface area contributed by atoms with Crippen LogP contribution in [0.1, 0.15) is 32.0 Å². The number of fused-ring (bicyclic) bond motifs is 3. The normalized spacial score (nSPS) is 11.6. The summed E-state index contributed by atoms with van der Waals surface area (Å²) in [5, 5.41) is 2.24. The van der Waals surface area contributed by atoms with Crippen molar-refractivity contribution in [3.8, 4) is 67.4 Å². The molecule has 0 N–H and O–H groups in total. The Balaban J connectivity index is 1.06. The van der Waals surface area contributed by atoms with Crippen molar-refractivity contribution in [3.63, 3.8) is 0 Å². The standard InChI is InChI=1S/C51H40N4/c1-33-30-47(51(2,3)4)55-49-43(33)28-26-39-27-29-44(52-48(39)49)38-22-18-36(19-23-38)41-16-11-17-42(31-41)46-32-45(37-14-9-6-10-15-37)53-50(54-46)40-24-20-35(21-25-40)34-12-7-5-8-13-34/h5-32H,1-4H3. The second-order valence-corrected chi connectivity index (χ2v) is 15.2. The maximum absolute atomic E-state index is 5.20. The zero-order valence-electron chi connectivity index (χ0n) is 31.5. The molecule has 0 unspecified atom stereocenters. The van der Waals surface area contributed by atoms with Gasteiger partial charge in [0.05, 0.1) is 28.1 Å². The SMILES string of the molecule is Cc1cc(C(C)(C)C)nc2c1ccc1ccc(-c3ccc(-c4cccc(-c5cc(-c6ccccc6)nc(-c6ccc(-c7ccccc7)cc6)n5)c4)cc3)nc12. The average molecular weight is 709 g/mol. The zero-order chi connectivity index (χ0) is 37.5. The minimum atomic E-state index is -0.0547. The van der Waals surface area contributed by atoms with Crippen molar-refractivity contribution in [1.82, 2.24) is 19.9 Å². The average Bonchev–Trinajstić information content (AvgIpc) is 3.23. The molecule has 6 aromatic carbocycles. The Hall–Kier alpha value is -6.78. The molecule has 4 nitrogen and oxygen atoms in total. The predicted octanol–water partition coefficient (Wildman–Crippen LogP) is 13.2. The molecular weight excluding hydrogens is 669 g/mol. The number of benzene rings is 6. The molecule has 0 saturated carbocycles. The van der Waals surface area contributed by atoms with E-state index in [1.54, 1.807) is 0 Å². The molecule has 0 radical (unpaired) electrons. The van der Waals surface area contributed by atoms with Crippen LogP contribution in [-0.2, 0) is 5.41 Å². The smallest absolute Gasteiger partial charge is 0.160 e. The van der Waals surface area contributed by atoms with Crippen LogP contribution >= 0.6 is 0 Å². The number of hydrogen-bond acceptors (Lipinski definition) is 4. The highest BCUT2D eigenvalue weighted by Gasteiger charge is 2.19. The van der Waals surface area contributed by atoms with Gasteiger partial charge in [-0.1, -0.05) is 166 Å². The van der Waals surface area contributed by atoms with E-state index in [-0.39, 0.29) is 5.41 Å². The summed E-state index contributed by atoms with van der Waals surface area (Å²) in [6, 6.07) is 59.4. The summed E-state index contributed by atoms with van der Waals surface area (Å²) in [5.74, 6) is 0.696. The topological polar surface area (TPSA) is 51.6 Å². The van der Waals surface area contributed by atoms with Crippen molar-refractivity contribution in [3.05, 3.63) is 181 Å². The van der Waals surface area contributed by atoms with Gasteiger partial charge >= 0.3 is 0 Å². The minimum absolute atomic E-state index is 0.0547. The molecule has 0 saturated heterocycles. The lowest BCUT2D eigenvalue weighted by Crippen LogP contribution is -2.14. The molecule has 3 aromatic heterocycles. The van der Waals surface area contributed by atoms with Crippen LogP contribution in [0.4, 0.5) is 0 Å². The van der Waals surface area contributed by atoms with Crippen molar-refractivity contribution < 1.29 is 0 Å². The number of aromatic nitrogens is 4. The molecular formula is C51H40N4. The molecule has 4 heteroatoms. The van der Waals surface area contributed by atoms with Crippen molar-refractivity contribution in [2.75, 3.05) is 0 Å². The molecule has 0 aliphatic carbocycles. The predicted molar refractivity (Wildman–Crippen MR) is 229 cm³/mol. The molecule has 0 atom stereocenters. The Morgan fingerprint density at radius 3 is 1.58 bits per heavy atom. The Kier molecular flexibility index (Phi) is 8.59. The van der Waals surface area contributed by atoms with Crippen molar-refractivity contribution in [2.45, 2.75) is 33.1 Å². The third-order valence-corrected chi connectivity index (χ3v) is 10.3. The summed E-state index contributed by atoms with van der Waals surface area (Å²) in [7, 11) is 0. The molecule has 9 rings (SSSR count). The van der Waals surface area contributed by atoms with Crippen LogP contribution in [0.5, 0.6) is 0 Å². The first kappa shape index (κ1) is 34.0. The summed E-state index contributed by atoms with van der Waals surface area (Å²) in [6.45, 7) is 8.79. The van der Waals surface area contributed by atoms with Crippen LogP contribution in [0.25, 0.3) is 89.2 Å². The van der Waals surface area contributed by atoms with Crippen LogP contribution in [0.15, 0.2) is 170 Å². The van der Waals surface area contributed by atoms with E-state index >= 15 is 0 Å². The highest BCUT2D eigenvalue weighted by Crippen LogP contribution is 2.34. The van der Waals surface area contributed by atoms with Gasteiger partial charge in [0, 0.05) is 44.1 Å². The van der Waals surface area contributed by atoms with E-state index in [1.165, 1.54) is 11.1 Å². The van der Waals surface area contributed by atoms with Crippen LogP contribution < -0.4 is 0 Å². The fourth-order valence-electron chi connectivity index (χ4n) is 7.20. The summed E-state index contributed by atoms with van der Waals surface area (Å²) in [5.41, 5.74) is 15.5. The van der Waals surface area contributed by atoms with Crippen molar-refractivity contribution in [1.29, 1.82) is 0 Å². The number of rotatable bonds is 6. The number of aryl methyl sites for hydroxylation is 1. The quantitative estimate of drug-likeness (QED) is 0.161. The van der Waals surface area contributed by atoms with E-state index in [2.05, 4.69) is 173 Å². The lowest BCUT2D eigenvalue weighted by atomic mass is 9.90. The molecule has 55 heavy (non-hydrogen) atoms. The first-order valence-corrected chi connectivity index (χ1v) is 18.8. The number of pyridine rings is 2. The van der Waals surface area contributed by atoms with E-state index in [1.807, 2.05) is 24.3 Å². The Bertz CT molecular complexity index is 2820. The summed E-state index contributed by atoms with van der Waals surface area (Å²) < 4.78 is 0. The van der Waals surface area contributed by atoms with Crippen molar-refractivity contribution >= 4 is 21.8 Å². The number of nitrogens with zero attached hydrogens (tertiary/aromatic N) is 4. The Morgan fingerprint density at radius 2 is 0.891 bits per heavy atom. The summed E-state index contributed by atoms with van der Waals surface area (Å²) in [6.07, 6.45) is 0.